The first-order chi connectivity index (χ1) is 5.65. The molecule has 0 unspecified atom stereocenters. The summed E-state index contributed by atoms with van der Waals surface area (Å²) in [6, 6.07) is 0.788. The van der Waals surface area contributed by atoms with Crippen molar-refractivity contribution in [2.24, 2.45) is 11.5 Å². The van der Waals surface area contributed by atoms with Crippen LogP contribution in [-0.4, -0.2) is 11.5 Å². The topological polar surface area (TPSA) is 64.9 Å². The molecule has 1 aromatic heterocycles. The highest BCUT2D eigenvalue weighted by Gasteiger charge is 2.11. The largest absolute Gasteiger partial charge is 0.329 e. The summed E-state index contributed by atoms with van der Waals surface area (Å²) >= 11 is 3.09. The summed E-state index contributed by atoms with van der Waals surface area (Å²) in [4.78, 5) is 3.82. The summed E-state index contributed by atoms with van der Waals surface area (Å²) in [5, 5.41) is 0. The fourth-order valence-corrected chi connectivity index (χ4v) is 1.11. The Labute approximate surface area is 78.1 Å². The van der Waals surface area contributed by atoms with E-state index >= 15 is 0 Å². The Morgan fingerprint density at radius 3 is 2.83 bits per heavy atom. The third kappa shape index (κ3) is 2.00. The van der Waals surface area contributed by atoms with Crippen molar-refractivity contribution in [1.29, 1.82) is 0 Å². The minimum Gasteiger partial charge on any atom is -0.329 e. The third-order valence-corrected chi connectivity index (χ3v) is 1.88. The van der Waals surface area contributed by atoms with Crippen LogP contribution in [-0.2, 0) is 0 Å². The molecule has 0 aliphatic rings. The van der Waals surface area contributed by atoms with Crippen molar-refractivity contribution in [3.63, 3.8) is 0 Å². The summed E-state index contributed by atoms with van der Waals surface area (Å²) in [5.41, 5.74) is 11.0. The first kappa shape index (κ1) is 9.57. The number of nitrogens with zero attached hydrogens (tertiary/aromatic N) is 1. The van der Waals surface area contributed by atoms with Crippen LogP contribution < -0.4 is 11.5 Å². The van der Waals surface area contributed by atoms with Crippen LogP contribution in [0.25, 0.3) is 0 Å². The fourth-order valence-electron chi connectivity index (χ4n) is 0.810. The highest BCUT2D eigenvalue weighted by Crippen LogP contribution is 2.15. The van der Waals surface area contributed by atoms with Gasteiger partial charge in [-0.2, -0.15) is 0 Å². The predicted octanol–water partition coefficient (Wildman–Crippen LogP) is 0.942. The maximum atomic E-state index is 13.1. The molecule has 1 heterocycles. The Morgan fingerprint density at radius 2 is 2.33 bits per heavy atom. The smallest absolute Gasteiger partial charge is 0.147 e. The van der Waals surface area contributed by atoms with Crippen LogP contribution in [0.4, 0.5) is 4.39 Å². The van der Waals surface area contributed by atoms with Crippen molar-refractivity contribution in [3.8, 4) is 0 Å². The molecule has 0 amide bonds. The molecule has 0 bridgehead atoms. The van der Waals surface area contributed by atoms with Crippen molar-refractivity contribution in [1.82, 2.24) is 4.98 Å². The zero-order valence-corrected chi connectivity index (χ0v) is 7.88. The van der Waals surface area contributed by atoms with Gasteiger partial charge in [0.1, 0.15) is 5.82 Å². The zero-order chi connectivity index (χ0) is 9.14. The fraction of sp³-hybridized carbons (Fsp3) is 0.286. The Balaban J connectivity index is 3.01. The van der Waals surface area contributed by atoms with Gasteiger partial charge in [-0.15, -0.1) is 0 Å². The quantitative estimate of drug-likeness (QED) is 0.800. The average Bonchev–Trinajstić information content (AvgIpc) is 2.03. The van der Waals surface area contributed by atoms with Crippen LogP contribution in [0.2, 0.25) is 0 Å². The van der Waals surface area contributed by atoms with Crippen molar-refractivity contribution in [2.75, 3.05) is 6.54 Å². The van der Waals surface area contributed by atoms with E-state index in [1.54, 1.807) is 0 Å². The van der Waals surface area contributed by atoms with Crippen molar-refractivity contribution in [3.05, 3.63) is 28.2 Å². The summed E-state index contributed by atoms with van der Waals surface area (Å²) < 4.78 is 13.7. The lowest BCUT2D eigenvalue weighted by molar-refractivity contribution is 0.567. The summed E-state index contributed by atoms with van der Waals surface area (Å²) in [7, 11) is 0. The normalized spacial score (nSPS) is 13.0. The SMILES string of the molecule is NC[C@H](N)c1ncc(Br)cc1F. The van der Waals surface area contributed by atoms with E-state index in [9.17, 15) is 4.39 Å². The lowest BCUT2D eigenvalue weighted by Crippen LogP contribution is -2.23. The molecule has 0 saturated heterocycles. The Hall–Kier alpha value is -0.520. The molecular weight excluding hydrogens is 225 g/mol. The van der Waals surface area contributed by atoms with Crippen molar-refractivity contribution >= 4 is 15.9 Å². The standard InChI is InChI=1S/C7H9BrFN3/c8-4-1-5(9)7(12-3-4)6(11)2-10/h1,3,6H,2,10-11H2/t6-/m0/s1. The van der Waals surface area contributed by atoms with Gasteiger partial charge in [-0.3, -0.25) is 4.98 Å². The molecule has 1 rings (SSSR count). The molecule has 12 heavy (non-hydrogen) atoms. The Kier molecular flexibility index (Phi) is 3.13. The summed E-state index contributed by atoms with van der Waals surface area (Å²) in [5.74, 6) is -0.428. The minimum absolute atomic E-state index is 0.186. The molecule has 0 aliphatic heterocycles. The van der Waals surface area contributed by atoms with Crippen LogP contribution in [0.5, 0.6) is 0 Å². The maximum Gasteiger partial charge on any atom is 0.147 e. The van der Waals surface area contributed by atoms with Gasteiger partial charge in [-0.1, -0.05) is 0 Å². The van der Waals surface area contributed by atoms with Gasteiger partial charge < -0.3 is 11.5 Å². The number of aromatic nitrogens is 1. The van der Waals surface area contributed by atoms with E-state index in [0.29, 0.717) is 4.47 Å². The molecule has 1 aromatic rings. The van der Waals surface area contributed by atoms with E-state index in [1.807, 2.05) is 0 Å². The molecule has 3 nitrogen and oxygen atoms in total. The number of hydrogen-bond acceptors (Lipinski definition) is 3. The van der Waals surface area contributed by atoms with Gasteiger partial charge in [-0.25, -0.2) is 4.39 Å². The molecule has 0 aliphatic carbocycles. The maximum absolute atomic E-state index is 13.1. The highest BCUT2D eigenvalue weighted by atomic mass is 79.9. The molecule has 1 atom stereocenters. The number of hydrogen-bond donors (Lipinski definition) is 2. The van der Waals surface area contributed by atoms with Gasteiger partial charge in [0.15, 0.2) is 0 Å². The second kappa shape index (κ2) is 3.93. The lowest BCUT2D eigenvalue weighted by Gasteiger charge is -2.08. The van der Waals surface area contributed by atoms with E-state index in [-0.39, 0.29) is 12.2 Å². The summed E-state index contributed by atoms with van der Waals surface area (Å²) in [6.45, 7) is 0.186. The third-order valence-electron chi connectivity index (χ3n) is 1.44. The molecule has 0 fully saturated rings. The molecule has 0 radical (unpaired) electrons. The van der Waals surface area contributed by atoms with Crippen molar-refractivity contribution in [2.45, 2.75) is 6.04 Å². The van der Waals surface area contributed by atoms with Gasteiger partial charge in [0.25, 0.3) is 0 Å². The predicted molar refractivity (Wildman–Crippen MR) is 47.9 cm³/mol. The van der Waals surface area contributed by atoms with Crippen LogP contribution >= 0.6 is 15.9 Å². The molecule has 0 aromatic carbocycles. The Morgan fingerprint density at radius 1 is 1.67 bits per heavy atom. The van der Waals surface area contributed by atoms with Gasteiger partial charge in [-0.05, 0) is 22.0 Å². The first-order valence-corrected chi connectivity index (χ1v) is 4.21. The molecule has 66 valence electrons. The zero-order valence-electron chi connectivity index (χ0n) is 6.30. The molecule has 4 N–H and O–H groups in total. The molecular formula is C7H9BrFN3. The van der Waals surface area contributed by atoms with E-state index in [0.717, 1.165) is 0 Å². The van der Waals surface area contributed by atoms with Gasteiger partial charge in [0, 0.05) is 17.2 Å². The van der Waals surface area contributed by atoms with E-state index in [1.165, 1.54) is 12.3 Å². The molecule has 5 heteroatoms. The van der Waals surface area contributed by atoms with Crippen LogP contribution in [0.3, 0.4) is 0 Å². The van der Waals surface area contributed by atoms with Crippen LogP contribution in [0.1, 0.15) is 11.7 Å². The number of halogens is 2. The van der Waals surface area contributed by atoms with E-state index < -0.39 is 11.9 Å². The minimum atomic E-state index is -0.530. The van der Waals surface area contributed by atoms with Gasteiger partial charge in [0.2, 0.25) is 0 Å². The number of pyridine rings is 1. The number of nitrogens with two attached hydrogens (primary N) is 2. The summed E-state index contributed by atoms with van der Waals surface area (Å²) in [6.07, 6.45) is 1.49. The monoisotopic (exact) mass is 233 g/mol. The lowest BCUT2D eigenvalue weighted by atomic mass is 10.2. The van der Waals surface area contributed by atoms with Crippen LogP contribution in [0.15, 0.2) is 16.7 Å². The average molecular weight is 234 g/mol. The van der Waals surface area contributed by atoms with Gasteiger partial charge >= 0.3 is 0 Å². The Bertz CT molecular complexity index is 279. The van der Waals surface area contributed by atoms with Gasteiger partial charge in [0.05, 0.1) is 11.7 Å². The van der Waals surface area contributed by atoms with Crippen LogP contribution in [0, 0.1) is 5.82 Å². The van der Waals surface area contributed by atoms with E-state index in [4.69, 9.17) is 11.5 Å². The first-order valence-electron chi connectivity index (χ1n) is 3.41. The van der Waals surface area contributed by atoms with E-state index in [2.05, 4.69) is 20.9 Å². The molecule has 0 spiro atoms. The second-order valence-corrected chi connectivity index (χ2v) is 3.28. The molecule has 0 saturated carbocycles. The number of rotatable bonds is 2. The second-order valence-electron chi connectivity index (χ2n) is 2.36. The highest BCUT2D eigenvalue weighted by molar-refractivity contribution is 9.10. The van der Waals surface area contributed by atoms with Crippen molar-refractivity contribution < 1.29 is 4.39 Å².